The molecule has 1 amide bonds. The van der Waals surface area contributed by atoms with Crippen LogP contribution in [0.1, 0.15) is 36.3 Å². The minimum absolute atomic E-state index is 0.0940. The number of carboxylic acid groups (broad SMARTS) is 1. The Kier molecular flexibility index (Phi) is 8.26. The topological polar surface area (TPSA) is 103 Å². The summed E-state index contributed by atoms with van der Waals surface area (Å²) in [5.41, 5.74) is 1.15. The summed E-state index contributed by atoms with van der Waals surface area (Å²) in [6.45, 7) is 5.09. The van der Waals surface area contributed by atoms with E-state index in [1.54, 1.807) is 0 Å². The van der Waals surface area contributed by atoms with Gasteiger partial charge in [0.1, 0.15) is 0 Å². The van der Waals surface area contributed by atoms with Crippen LogP contribution in [0.3, 0.4) is 0 Å². The normalized spacial score (nSPS) is 22.4. The van der Waals surface area contributed by atoms with E-state index < -0.39 is 0 Å². The van der Waals surface area contributed by atoms with E-state index in [1.807, 2.05) is 11.3 Å². The summed E-state index contributed by atoms with van der Waals surface area (Å²) in [5, 5.41) is 17.1. The molecule has 3 aliphatic rings. The summed E-state index contributed by atoms with van der Waals surface area (Å²) in [5.74, 6) is 0.993. The lowest BCUT2D eigenvalue weighted by Gasteiger charge is -2.34. The Morgan fingerprint density at radius 3 is 2.55 bits per heavy atom. The average Bonchev–Trinajstić information content (AvgIpc) is 3.19. The number of thiazole rings is 1. The molecule has 4 rings (SSSR count). The highest BCUT2D eigenvalue weighted by Crippen LogP contribution is 2.35. The SMILES string of the molecule is O=C(C1CCc2sc(N3CCOCC3)nc2C1)N1CCC(CCO)CC1.O=CO. The molecular formula is C20H31N3O5S. The van der Waals surface area contributed by atoms with Crippen molar-refractivity contribution in [3.05, 3.63) is 10.6 Å². The molecule has 3 heterocycles. The molecule has 29 heavy (non-hydrogen) atoms. The number of nitrogens with zero attached hydrogens (tertiary/aromatic N) is 3. The first kappa shape index (κ1) is 22.0. The summed E-state index contributed by atoms with van der Waals surface area (Å²) in [6, 6.07) is 0. The monoisotopic (exact) mass is 425 g/mol. The number of aryl methyl sites for hydroxylation is 1. The number of morpholine rings is 1. The predicted molar refractivity (Wildman–Crippen MR) is 110 cm³/mol. The first-order valence-electron chi connectivity index (χ1n) is 10.4. The molecule has 0 spiro atoms. The number of hydrogen-bond donors (Lipinski definition) is 2. The van der Waals surface area contributed by atoms with Crippen molar-refractivity contribution in [1.29, 1.82) is 0 Å². The molecule has 1 aromatic heterocycles. The number of likely N-dealkylation sites (tertiary alicyclic amines) is 1. The zero-order valence-electron chi connectivity index (χ0n) is 16.8. The van der Waals surface area contributed by atoms with E-state index in [-0.39, 0.29) is 19.0 Å². The van der Waals surface area contributed by atoms with Crippen molar-refractivity contribution in [2.24, 2.45) is 11.8 Å². The van der Waals surface area contributed by atoms with Gasteiger partial charge in [-0.15, -0.1) is 11.3 Å². The first-order chi connectivity index (χ1) is 14.2. The second-order valence-electron chi connectivity index (χ2n) is 7.79. The maximum absolute atomic E-state index is 13.0. The van der Waals surface area contributed by atoms with E-state index in [4.69, 9.17) is 24.7 Å². The Bertz CT molecular complexity index is 669. The van der Waals surface area contributed by atoms with Crippen molar-refractivity contribution < 1.29 is 24.5 Å². The molecule has 1 aromatic rings. The number of hydrogen-bond acceptors (Lipinski definition) is 7. The fraction of sp³-hybridized carbons (Fsp3) is 0.750. The largest absolute Gasteiger partial charge is 0.483 e. The van der Waals surface area contributed by atoms with Crippen molar-refractivity contribution >= 4 is 28.8 Å². The van der Waals surface area contributed by atoms with E-state index in [1.165, 1.54) is 4.88 Å². The lowest BCUT2D eigenvalue weighted by molar-refractivity contribution is -0.137. The molecule has 0 saturated carbocycles. The van der Waals surface area contributed by atoms with Crippen molar-refractivity contribution in [2.45, 2.75) is 38.5 Å². The summed E-state index contributed by atoms with van der Waals surface area (Å²) in [4.78, 5) is 31.9. The van der Waals surface area contributed by atoms with Gasteiger partial charge in [0.2, 0.25) is 5.91 Å². The lowest BCUT2D eigenvalue weighted by atomic mass is 9.88. The summed E-state index contributed by atoms with van der Waals surface area (Å²) in [6.07, 6.45) is 5.66. The Hall–Kier alpha value is -1.71. The van der Waals surface area contributed by atoms with Gasteiger partial charge in [-0.25, -0.2) is 4.98 Å². The molecular weight excluding hydrogens is 394 g/mol. The highest BCUT2D eigenvalue weighted by atomic mass is 32.1. The van der Waals surface area contributed by atoms with Gasteiger partial charge < -0.3 is 24.7 Å². The molecule has 0 aromatic carbocycles. The molecule has 0 bridgehead atoms. The average molecular weight is 426 g/mol. The fourth-order valence-electron chi connectivity index (χ4n) is 4.35. The molecule has 2 N–H and O–H groups in total. The number of fused-ring (bicyclic) bond motifs is 1. The lowest BCUT2D eigenvalue weighted by Crippen LogP contribution is -2.43. The second kappa shape index (κ2) is 10.9. The van der Waals surface area contributed by atoms with Crippen LogP contribution in [0.2, 0.25) is 0 Å². The van der Waals surface area contributed by atoms with Crippen molar-refractivity contribution in [3.63, 3.8) is 0 Å². The van der Waals surface area contributed by atoms with Gasteiger partial charge in [0, 0.05) is 50.0 Å². The van der Waals surface area contributed by atoms with Crippen LogP contribution in [-0.2, 0) is 27.2 Å². The number of rotatable bonds is 4. The molecule has 1 unspecified atom stereocenters. The Morgan fingerprint density at radius 1 is 1.21 bits per heavy atom. The van der Waals surface area contributed by atoms with Crippen LogP contribution in [0.15, 0.2) is 0 Å². The van der Waals surface area contributed by atoms with Gasteiger partial charge in [0.25, 0.3) is 6.47 Å². The molecule has 1 atom stereocenters. The maximum Gasteiger partial charge on any atom is 0.290 e. The van der Waals surface area contributed by atoms with Gasteiger partial charge in [0.15, 0.2) is 5.13 Å². The second-order valence-corrected chi connectivity index (χ2v) is 8.85. The summed E-state index contributed by atoms with van der Waals surface area (Å²) >= 11 is 1.81. The minimum Gasteiger partial charge on any atom is -0.483 e. The van der Waals surface area contributed by atoms with Gasteiger partial charge in [-0.3, -0.25) is 9.59 Å². The zero-order valence-corrected chi connectivity index (χ0v) is 17.6. The highest BCUT2D eigenvalue weighted by molar-refractivity contribution is 7.15. The van der Waals surface area contributed by atoms with Crippen molar-refractivity contribution in [3.8, 4) is 0 Å². The molecule has 1 aliphatic carbocycles. The third-order valence-corrected chi connectivity index (χ3v) is 7.24. The third-order valence-electron chi connectivity index (χ3n) is 6.02. The van der Waals surface area contributed by atoms with Crippen LogP contribution in [0.25, 0.3) is 0 Å². The van der Waals surface area contributed by atoms with E-state index in [2.05, 4.69) is 9.80 Å². The molecule has 8 nitrogen and oxygen atoms in total. The molecule has 162 valence electrons. The number of aliphatic hydroxyl groups excluding tert-OH is 1. The predicted octanol–water partition coefficient (Wildman–Crippen LogP) is 1.41. The van der Waals surface area contributed by atoms with Gasteiger partial charge in [-0.05, 0) is 38.0 Å². The quantitative estimate of drug-likeness (QED) is 0.703. The Balaban J connectivity index is 0.000000755. The molecule has 0 radical (unpaired) electrons. The summed E-state index contributed by atoms with van der Waals surface area (Å²) < 4.78 is 5.43. The van der Waals surface area contributed by atoms with Crippen LogP contribution in [0, 0.1) is 11.8 Å². The van der Waals surface area contributed by atoms with Crippen LogP contribution >= 0.6 is 11.3 Å². The molecule has 2 saturated heterocycles. The van der Waals surface area contributed by atoms with Gasteiger partial charge in [-0.1, -0.05) is 0 Å². The number of aromatic nitrogens is 1. The number of piperidine rings is 1. The highest BCUT2D eigenvalue weighted by Gasteiger charge is 2.32. The maximum atomic E-state index is 13.0. The molecule has 9 heteroatoms. The zero-order chi connectivity index (χ0) is 20.6. The number of anilines is 1. The minimum atomic E-state index is -0.250. The molecule has 2 fully saturated rings. The smallest absolute Gasteiger partial charge is 0.290 e. The standard InChI is InChI=1S/C19H29N3O3S.CH2O2/c23-10-5-14-3-6-21(7-4-14)18(24)15-1-2-17-16(13-15)20-19(26-17)22-8-11-25-12-9-22;2-1-3/h14-15,23H,1-13H2;1H,(H,2,3). The van der Waals surface area contributed by atoms with E-state index in [0.29, 0.717) is 11.8 Å². The van der Waals surface area contributed by atoms with Crippen LogP contribution in [0.5, 0.6) is 0 Å². The van der Waals surface area contributed by atoms with Gasteiger partial charge in [0.05, 0.1) is 18.9 Å². The molecule has 2 aliphatic heterocycles. The van der Waals surface area contributed by atoms with Crippen molar-refractivity contribution in [2.75, 3.05) is 50.9 Å². The number of aliphatic hydroxyl groups is 1. The van der Waals surface area contributed by atoms with Gasteiger partial charge >= 0.3 is 0 Å². The van der Waals surface area contributed by atoms with E-state index >= 15 is 0 Å². The fourth-order valence-corrected chi connectivity index (χ4v) is 5.50. The van der Waals surface area contributed by atoms with Crippen molar-refractivity contribution in [1.82, 2.24) is 9.88 Å². The van der Waals surface area contributed by atoms with Crippen LogP contribution in [-0.4, -0.2) is 78.5 Å². The van der Waals surface area contributed by atoms with Crippen LogP contribution in [0.4, 0.5) is 5.13 Å². The summed E-state index contributed by atoms with van der Waals surface area (Å²) in [7, 11) is 0. The Labute approximate surface area is 175 Å². The number of ether oxygens (including phenoxy) is 1. The Morgan fingerprint density at radius 2 is 1.90 bits per heavy atom. The number of carbonyl (C=O) groups excluding carboxylic acids is 1. The first-order valence-corrected chi connectivity index (χ1v) is 11.3. The van der Waals surface area contributed by atoms with Gasteiger partial charge in [-0.2, -0.15) is 0 Å². The van der Waals surface area contributed by atoms with E-state index in [9.17, 15) is 4.79 Å². The number of amides is 1. The van der Waals surface area contributed by atoms with E-state index in [0.717, 1.165) is 88.7 Å². The third kappa shape index (κ3) is 5.67. The van der Waals surface area contributed by atoms with Crippen LogP contribution < -0.4 is 4.90 Å². The number of carbonyl (C=O) groups is 2.